The van der Waals surface area contributed by atoms with Crippen molar-refractivity contribution in [1.29, 1.82) is 0 Å². The third-order valence-electron chi connectivity index (χ3n) is 5.48. The predicted molar refractivity (Wildman–Crippen MR) is 103 cm³/mol. The molecule has 1 aromatic heterocycles. The summed E-state index contributed by atoms with van der Waals surface area (Å²) in [6, 6.07) is 7.89. The molecule has 2 aromatic rings. The van der Waals surface area contributed by atoms with Gasteiger partial charge in [-0.05, 0) is 48.9 Å². The van der Waals surface area contributed by atoms with Gasteiger partial charge >= 0.3 is 0 Å². The number of aromatic amines is 1. The summed E-state index contributed by atoms with van der Waals surface area (Å²) in [6.45, 7) is 5.45. The first-order valence-electron chi connectivity index (χ1n) is 9.41. The minimum absolute atomic E-state index is 0.0774. The summed E-state index contributed by atoms with van der Waals surface area (Å²) in [5, 5.41) is 0. The van der Waals surface area contributed by atoms with Crippen molar-refractivity contribution in [2.24, 2.45) is 5.41 Å². The number of rotatable bonds is 5. The molecule has 1 N–H and O–H groups in total. The van der Waals surface area contributed by atoms with Gasteiger partial charge in [0.2, 0.25) is 12.2 Å². The second kappa shape index (κ2) is 7.27. The zero-order valence-electron chi connectivity index (χ0n) is 15.9. The van der Waals surface area contributed by atoms with E-state index >= 15 is 0 Å². The van der Waals surface area contributed by atoms with Crippen molar-refractivity contribution >= 4 is 0 Å². The third-order valence-corrected chi connectivity index (χ3v) is 5.48. The number of H-pyrrole nitrogens is 1. The van der Waals surface area contributed by atoms with Crippen molar-refractivity contribution in [1.82, 2.24) is 9.88 Å². The van der Waals surface area contributed by atoms with Gasteiger partial charge in [-0.3, -0.25) is 9.69 Å². The Morgan fingerprint density at radius 2 is 2.11 bits per heavy atom. The molecule has 1 aromatic carbocycles. The van der Waals surface area contributed by atoms with Gasteiger partial charge in [0, 0.05) is 31.0 Å². The average molecular weight is 370 g/mol. The highest BCUT2D eigenvalue weighted by Crippen LogP contribution is 2.37. The molecule has 2 aliphatic heterocycles. The topological polar surface area (TPSA) is 63.8 Å². The molecule has 1 atom stereocenters. The fourth-order valence-corrected chi connectivity index (χ4v) is 4.24. The van der Waals surface area contributed by atoms with Gasteiger partial charge in [-0.1, -0.05) is 13.0 Å². The Labute approximate surface area is 159 Å². The van der Waals surface area contributed by atoms with Crippen LogP contribution < -0.4 is 19.6 Å². The van der Waals surface area contributed by atoms with Crippen molar-refractivity contribution in [3.8, 4) is 17.2 Å². The number of likely N-dealkylation sites (tertiary alicyclic amines) is 1. The summed E-state index contributed by atoms with van der Waals surface area (Å²) in [4.78, 5) is 17.6. The molecule has 6 nitrogen and oxygen atoms in total. The van der Waals surface area contributed by atoms with Crippen LogP contribution in [0.15, 0.2) is 35.3 Å². The highest BCUT2D eigenvalue weighted by molar-refractivity contribution is 5.44. The first-order chi connectivity index (χ1) is 13.0. The molecule has 0 unspecified atom stereocenters. The normalized spacial score (nSPS) is 22.0. The van der Waals surface area contributed by atoms with E-state index in [1.807, 2.05) is 6.07 Å². The van der Waals surface area contributed by atoms with Crippen LogP contribution in [0.3, 0.4) is 0 Å². The Kier molecular flexibility index (Phi) is 4.83. The Balaban J connectivity index is 1.43. The molecular formula is C21H26N2O4. The number of aromatic nitrogens is 1. The van der Waals surface area contributed by atoms with Gasteiger partial charge in [0.15, 0.2) is 17.2 Å². The van der Waals surface area contributed by atoms with Gasteiger partial charge < -0.3 is 19.2 Å². The average Bonchev–Trinajstić information content (AvgIpc) is 3.09. The molecule has 0 radical (unpaired) electrons. The van der Waals surface area contributed by atoms with Crippen molar-refractivity contribution in [3.63, 3.8) is 0 Å². The Bertz CT molecular complexity index is 879. The van der Waals surface area contributed by atoms with E-state index in [1.165, 1.54) is 19.1 Å². The fraction of sp³-hybridized carbons (Fsp3) is 0.476. The lowest BCUT2D eigenvalue weighted by Gasteiger charge is -2.40. The van der Waals surface area contributed by atoms with E-state index in [-0.39, 0.29) is 10.8 Å². The third kappa shape index (κ3) is 3.95. The standard InChI is InChI=1S/C21H26N2O4/c1-21(10-15-4-5-18-19(8-15)27-14-26-18)6-3-7-23(13-21)12-16-9-17(24)20(25-2)11-22-16/h4-5,8-9,11H,3,6-7,10,12-14H2,1-2H3,(H,22,24)/t21-/m1/s1. The van der Waals surface area contributed by atoms with E-state index in [2.05, 4.69) is 28.9 Å². The molecule has 1 saturated heterocycles. The summed E-state index contributed by atoms with van der Waals surface area (Å²) in [7, 11) is 1.51. The molecule has 0 bridgehead atoms. The summed E-state index contributed by atoms with van der Waals surface area (Å²) in [5.41, 5.74) is 2.32. The maximum atomic E-state index is 12.0. The van der Waals surface area contributed by atoms with Gasteiger partial charge in [0.25, 0.3) is 0 Å². The summed E-state index contributed by atoms with van der Waals surface area (Å²) >= 11 is 0. The molecule has 0 saturated carbocycles. The van der Waals surface area contributed by atoms with Crippen molar-refractivity contribution in [3.05, 3.63) is 51.9 Å². The van der Waals surface area contributed by atoms with Crippen LogP contribution in [0.25, 0.3) is 0 Å². The van der Waals surface area contributed by atoms with Crippen LogP contribution in [0, 0.1) is 5.41 Å². The number of piperidine rings is 1. The first kappa shape index (κ1) is 17.9. The quantitative estimate of drug-likeness (QED) is 0.877. The Morgan fingerprint density at radius 1 is 1.26 bits per heavy atom. The van der Waals surface area contributed by atoms with E-state index in [4.69, 9.17) is 14.2 Å². The van der Waals surface area contributed by atoms with Crippen LogP contribution in [-0.4, -0.2) is 36.9 Å². The summed E-state index contributed by atoms with van der Waals surface area (Å²) < 4.78 is 16.0. The van der Waals surface area contributed by atoms with Crippen LogP contribution >= 0.6 is 0 Å². The van der Waals surface area contributed by atoms with Crippen molar-refractivity contribution < 1.29 is 14.2 Å². The molecule has 2 aliphatic rings. The Hall–Kier alpha value is -2.47. The van der Waals surface area contributed by atoms with Gasteiger partial charge in [-0.25, -0.2) is 0 Å². The zero-order valence-corrected chi connectivity index (χ0v) is 15.9. The van der Waals surface area contributed by atoms with Gasteiger partial charge in [0.05, 0.1) is 7.11 Å². The molecule has 1 fully saturated rings. The van der Waals surface area contributed by atoms with Gasteiger partial charge in [-0.2, -0.15) is 0 Å². The lowest BCUT2D eigenvalue weighted by molar-refractivity contribution is 0.0959. The monoisotopic (exact) mass is 370 g/mol. The molecule has 0 aliphatic carbocycles. The number of ether oxygens (including phenoxy) is 3. The second-order valence-electron chi connectivity index (χ2n) is 7.88. The van der Waals surface area contributed by atoms with Crippen LogP contribution in [0.5, 0.6) is 17.2 Å². The van der Waals surface area contributed by atoms with Crippen molar-refractivity contribution in [2.45, 2.75) is 32.7 Å². The van der Waals surface area contributed by atoms with Crippen LogP contribution in [0.2, 0.25) is 0 Å². The summed E-state index contributed by atoms with van der Waals surface area (Å²) in [6.07, 6.45) is 4.99. The number of fused-ring (bicyclic) bond motifs is 1. The number of nitrogens with one attached hydrogen (secondary N) is 1. The van der Waals surface area contributed by atoms with Gasteiger partial charge in [-0.15, -0.1) is 0 Å². The maximum Gasteiger partial charge on any atom is 0.231 e. The smallest absolute Gasteiger partial charge is 0.231 e. The molecule has 27 heavy (non-hydrogen) atoms. The minimum atomic E-state index is -0.0774. The second-order valence-corrected chi connectivity index (χ2v) is 7.88. The van der Waals surface area contributed by atoms with Crippen molar-refractivity contribution in [2.75, 3.05) is 27.0 Å². The molecule has 3 heterocycles. The van der Waals surface area contributed by atoms with E-state index in [1.54, 1.807) is 12.3 Å². The maximum absolute atomic E-state index is 12.0. The number of hydrogen-bond acceptors (Lipinski definition) is 5. The SMILES string of the molecule is COc1c[nH]c(CN2CCC[C@](C)(Cc3ccc4c(c3)OCO4)C2)cc1=O. The highest BCUT2D eigenvalue weighted by Gasteiger charge is 2.31. The summed E-state index contributed by atoms with van der Waals surface area (Å²) in [5.74, 6) is 2.03. The number of benzene rings is 1. The van der Waals surface area contributed by atoms with Gasteiger partial charge in [0.1, 0.15) is 0 Å². The van der Waals surface area contributed by atoms with E-state index < -0.39 is 0 Å². The molecule has 4 rings (SSSR count). The molecule has 0 spiro atoms. The van der Waals surface area contributed by atoms with Crippen LogP contribution in [0.1, 0.15) is 31.0 Å². The lowest BCUT2D eigenvalue weighted by Crippen LogP contribution is -2.42. The Morgan fingerprint density at radius 3 is 2.93 bits per heavy atom. The number of pyridine rings is 1. The molecule has 6 heteroatoms. The van der Waals surface area contributed by atoms with E-state index in [0.717, 1.165) is 49.7 Å². The number of nitrogens with zero attached hydrogens (tertiary/aromatic N) is 1. The first-order valence-corrected chi connectivity index (χ1v) is 9.41. The predicted octanol–water partition coefficient (Wildman–Crippen LogP) is 2.96. The van der Waals surface area contributed by atoms with Crippen LogP contribution in [0.4, 0.5) is 0 Å². The fourth-order valence-electron chi connectivity index (χ4n) is 4.24. The molecular weight excluding hydrogens is 344 g/mol. The molecule has 0 amide bonds. The van der Waals surface area contributed by atoms with E-state index in [9.17, 15) is 4.79 Å². The zero-order chi connectivity index (χ0) is 18.9. The minimum Gasteiger partial charge on any atom is -0.491 e. The largest absolute Gasteiger partial charge is 0.491 e. The lowest BCUT2D eigenvalue weighted by atomic mass is 9.77. The molecule has 144 valence electrons. The highest BCUT2D eigenvalue weighted by atomic mass is 16.7. The van der Waals surface area contributed by atoms with Crippen LogP contribution in [-0.2, 0) is 13.0 Å². The number of hydrogen-bond donors (Lipinski definition) is 1. The van der Waals surface area contributed by atoms with E-state index in [0.29, 0.717) is 12.5 Å². The number of methoxy groups -OCH3 is 1.